The van der Waals surface area contributed by atoms with Crippen LogP contribution in [0.1, 0.15) is 10.4 Å². The summed E-state index contributed by atoms with van der Waals surface area (Å²) in [6.07, 6.45) is 0. The Balaban J connectivity index is 2.88. The smallest absolute Gasteiger partial charge is 0.249 e. The second-order valence-corrected chi connectivity index (χ2v) is 2.73. The molecule has 1 rings (SSSR count). The lowest BCUT2D eigenvalue weighted by molar-refractivity contribution is 0.100. The highest BCUT2D eigenvalue weighted by molar-refractivity contribution is 7.14. The number of carbonyl (C=O) groups is 1. The summed E-state index contributed by atoms with van der Waals surface area (Å²) in [4.78, 5) is 10.5. The molecule has 4 heteroatoms. The lowest BCUT2D eigenvalue weighted by atomic mass is 10.3. The van der Waals surface area contributed by atoms with Gasteiger partial charge < -0.3 is 11.1 Å². The van der Waals surface area contributed by atoms with Crippen LogP contribution in [0.25, 0.3) is 0 Å². The van der Waals surface area contributed by atoms with Crippen LogP contribution in [0.2, 0.25) is 0 Å². The third-order valence-electron chi connectivity index (χ3n) is 1.13. The molecule has 0 saturated heterocycles. The number of hydrogen-bond acceptors (Lipinski definition) is 3. The largest absolute Gasteiger partial charge is 0.380 e. The molecule has 0 spiro atoms. The molecule has 3 N–H and O–H groups in total. The average Bonchev–Trinajstić information content (AvgIpc) is 2.34. The molecule has 1 aromatic rings. The fourth-order valence-electron chi connectivity index (χ4n) is 0.597. The average molecular weight is 156 g/mol. The Hall–Kier alpha value is -1.03. The van der Waals surface area contributed by atoms with Crippen molar-refractivity contribution in [1.82, 2.24) is 0 Å². The Kier molecular flexibility index (Phi) is 1.91. The maximum Gasteiger partial charge on any atom is 0.249 e. The summed E-state index contributed by atoms with van der Waals surface area (Å²) in [6, 6.07) is 1.73. The number of anilines is 1. The van der Waals surface area contributed by atoms with Crippen LogP contribution < -0.4 is 11.1 Å². The van der Waals surface area contributed by atoms with E-state index < -0.39 is 0 Å². The molecular formula is C6H8N2OS. The van der Waals surface area contributed by atoms with Crippen molar-refractivity contribution in [3.8, 4) is 0 Å². The third-order valence-corrected chi connectivity index (χ3v) is 2.08. The van der Waals surface area contributed by atoms with E-state index in [1.165, 1.54) is 11.3 Å². The number of rotatable bonds is 2. The number of amides is 1. The molecule has 0 aliphatic heterocycles. The van der Waals surface area contributed by atoms with Crippen molar-refractivity contribution in [1.29, 1.82) is 0 Å². The van der Waals surface area contributed by atoms with Crippen LogP contribution in [0.3, 0.4) is 0 Å². The number of thiophene rings is 1. The van der Waals surface area contributed by atoms with E-state index in [1.807, 2.05) is 0 Å². The van der Waals surface area contributed by atoms with Crippen molar-refractivity contribution in [2.24, 2.45) is 5.73 Å². The Morgan fingerprint density at radius 3 is 2.80 bits per heavy atom. The van der Waals surface area contributed by atoms with Gasteiger partial charge in [-0.25, -0.2) is 0 Å². The van der Waals surface area contributed by atoms with Gasteiger partial charge in [0.25, 0.3) is 0 Å². The standard InChI is InChI=1S/C6H8N2OS/c1-8-5-2-4(3-10-5)6(7)9/h2-3,8H,1H3,(H2,7,9). The molecule has 3 nitrogen and oxygen atoms in total. The Bertz CT molecular complexity index is 244. The summed E-state index contributed by atoms with van der Waals surface area (Å²) in [5, 5.41) is 5.60. The van der Waals surface area contributed by atoms with Crippen LogP contribution in [-0.4, -0.2) is 13.0 Å². The maximum absolute atomic E-state index is 10.5. The number of nitrogens with one attached hydrogen (secondary N) is 1. The first-order valence-electron chi connectivity index (χ1n) is 2.80. The van der Waals surface area contributed by atoms with E-state index >= 15 is 0 Å². The van der Waals surface area contributed by atoms with E-state index in [-0.39, 0.29) is 5.91 Å². The van der Waals surface area contributed by atoms with Gasteiger partial charge in [-0.2, -0.15) is 0 Å². The highest BCUT2D eigenvalue weighted by atomic mass is 32.1. The van der Waals surface area contributed by atoms with Gasteiger partial charge in [0.15, 0.2) is 0 Å². The van der Waals surface area contributed by atoms with Crippen molar-refractivity contribution in [3.05, 3.63) is 17.0 Å². The normalized spacial score (nSPS) is 9.30. The fraction of sp³-hybridized carbons (Fsp3) is 0.167. The third kappa shape index (κ3) is 1.27. The van der Waals surface area contributed by atoms with Crippen LogP contribution in [0, 0.1) is 0 Å². The van der Waals surface area contributed by atoms with Gasteiger partial charge in [-0.05, 0) is 6.07 Å². The fourth-order valence-corrected chi connectivity index (χ4v) is 1.35. The van der Waals surface area contributed by atoms with Gasteiger partial charge in [-0.3, -0.25) is 4.79 Å². The minimum atomic E-state index is -0.377. The summed E-state index contributed by atoms with van der Waals surface area (Å²) in [6.45, 7) is 0. The van der Waals surface area contributed by atoms with Crippen LogP contribution in [0.5, 0.6) is 0 Å². The molecular weight excluding hydrogens is 148 g/mol. The van der Waals surface area contributed by atoms with Gasteiger partial charge in [0.05, 0.1) is 10.6 Å². The van der Waals surface area contributed by atoms with Gasteiger partial charge in [-0.15, -0.1) is 11.3 Å². The quantitative estimate of drug-likeness (QED) is 0.668. The highest BCUT2D eigenvalue weighted by Gasteiger charge is 2.01. The molecule has 10 heavy (non-hydrogen) atoms. The van der Waals surface area contributed by atoms with Gasteiger partial charge in [0, 0.05) is 12.4 Å². The number of nitrogens with two attached hydrogens (primary N) is 1. The van der Waals surface area contributed by atoms with Gasteiger partial charge in [0.1, 0.15) is 0 Å². The zero-order chi connectivity index (χ0) is 7.56. The van der Waals surface area contributed by atoms with E-state index in [0.29, 0.717) is 5.56 Å². The minimum Gasteiger partial charge on any atom is -0.380 e. The summed E-state index contributed by atoms with van der Waals surface area (Å²) in [5.41, 5.74) is 5.59. The molecule has 1 heterocycles. The second-order valence-electron chi connectivity index (χ2n) is 1.81. The second kappa shape index (κ2) is 2.70. The lowest BCUT2D eigenvalue weighted by Gasteiger charge is -1.87. The van der Waals surface area contributed by atoms with E-state index in [1.54, 1.807) is 18.5 Å². The van der Waals surface area contributed by atoms with Crippen LogP contribution in [-0.2, 0) is 0 Å². The highest BCUT2D eigenvalue weighted by Crippen LogP contribution is 2.18. The van der Waals surface area contributed by atoms with Crippen LogP contribution >= 0.6 is 11.3 Å². The maximum atomic E-state index is 10.5. The topological polar surface area (TPSA) is 55.1 Å². The van der Waals surface area contributed by atoms with Crippen LogP contribution in [0.4, 0.5) is 5.00 Å². The molecule has 0 saturated carbocycles. The number of primary amides is 1. The first kappa shape index (κ1) is 7.08. The Morgan fingerprint density at radius 1 is 1.80 bits per heavy atom. The monoisotopic (exact) mass is 156 g/mol. The summed E-state index contributed by atoms with van der Waals surface area (Å²) in [7, 11) is 1.80. The van der Waals surface area contributed by atoms with Crippen molar-refractivity contribution >= 4 is 22.2 Å². The number of carbonyl (C=O) groups excluding carboxylic acids is 1. The molecule has 0 fully saturated rings. The van der Waals surface area contributed by atoms with E-state index in [4.69, 9.17) is 5.73 Å². The molecule has 54 valence electrons. The lowest BCUT2D eigenvalue weighted by Crippen LogP contribution is -2.09. The first-order valence-corrected chi connectivity index (χ1v) is 3.68. The molecule has 0 radical (unpaired) electrons. The minimum absolute atomic E-state index is 0.377. The number of hydrogen-bond donors (Lipinski definition) is 2. The molecule has 0 aliphatic carbocycles. The summed E-state index contributed by atoms with van der Waals surface area (Å²) < 4.78 is 0. The van der Waals surface area contributed by atoms with Crippen molar-refractivity contribution in [2.45, 2.75) is 0 Å². The van der Waals surface area contributed by atoms with Gasteiger partial charge in [-0.1, -0.05) is 0 Å². The Morgan fingerprint density at radius 2 is 2.50 bits per heavy atom. The van der Waals surface area contributed by atoms with E-state index in [0.717, 1.165) is 5.00 Å². The summed E-state index contributed by atoms with van der Waals surface area (Å²) in [5.74, 6) is -0.377. The van der Waals surface area contributed by atoms with Crippen molar-refractivity contribution in [3.63, 3.8) is 0 Å². The van der Waals surface area contributed by atoms with E-state index in [9.17, 15) is 4.79 Å². The summed E-state index contributed by atoms with van der Waals surface area (Å²) >= 11 is 1.47. The van der Waals surface area contributed by atoms with Gasteiger partial charge >= 0.3 is 0 Å². The van der Waals surface area contributed by atoms with E-state index in [2.05, 4.69) is 5.32 Å². The molecule has 0 bridgehead atoms. The zero-order valence-electron chi connectivity index (χ0n) is 5.55. The molecule has 1 amide bonds. The first-order chi connectivity index (χ1) is 4.74. The SMILES string of the molecule is CNc1cc(C(N)=O)cs1. The molecule has 0 atom stereocenters. The van der Waals surface area contributed by atoms with Crippen LogP contribution in [0.15, 0.2) is 11.4 Å². The molecule has 0 unspecified atom stereocenters. The molecule has 0 aromatic carbocycles. The molecule has 1 aromatic heterocycles. The van der Waals surface area contributed by atoms with Crippen molar-refractivity contribution in [2.75, 3.05) is 12.4 Å². The predicted molar refractivity (Wildman–Crippen MR) is 42.4 cm³/mol. The molecule has 0 aliphatic rings. The van der Waals surface area contributed by atoms with Crippen molar-refractivity contribution < 1.29 is 4.79 Å². The predicted octanol–water partition coefficient (Wildman–Crippen LogP) is 0.889. The Labute approximate surface area is 62.9 Å². The van der Waals surface area contributed by atoms with Gasteiger partial charge in [0.2, 0.25) is 5.91 Å². The zero-order valence-corrected chi connectivity index (χ0v) is 6.37.